The Hall–Kier alpha value is -1.11. The van der Waals surface area contributed by atoms with Gasteiger partial charge in [-0.1, -0.05) is 15.9 Å². The zero-order valence-corrected chi connectivity index (χ0v) is 13.2. The first-order valence-corrected chi connectivity index (χ1v) is 7.41. The summed E-state index contributed by atoms with van der Waals surface area (Å²) in [5.74, 6) is 0.597. The minimum absolute atomic E-state index is 0.0413. The molecule has 0 saturated heterocycles. The standard InChI is InChI=1S/C14H18BrNO4/c1-3-18-14(19-4-2)8-16-11-7-10(15)5-6-12(11)20-9-13(16)17/h5-7,14H,3-4,8-9H2,1-2H3. The van der Waals surface area contributed by atoms with Crippen molar-refractivity contribution in [2.24, 2.45) is 0 Å². The predicted octanol–water partition coefficient (Wildman–Crippen LogP) is 2.57. The van der Waals surface area contributed by atoms with Crippen LogP contribution in [0, 0.1) is 0 Å². The second-order valence-electron chi connectivity index (χ2n) is 4.25. The highest BCUT2D eigenvalue weighted by atomic mass is 79.9. The Balaban J connectivity index is 2.21. The van der Waals surface area contributed by atoms with Gasteiger partial charge in [0.15, 0.2) is 12.9 Å². The van der Waals surface area contributed by atoms with Crippen LogP contribution in [-0.4, -0.2) is 38.6 Å². The molecule has 0 unspecified atom stereocenters. The number of fused-ring (bicyclic) bond motifs is 1. The van der Waals surface area contributed by atoms with Crippen molar-refractivity contribution in [3.8, 4) is 5.75 Å². The van der Waals surface area contributed by atoms with Gasteiger partial charge in [0.05, 0.1) is 12.2 Å². The lowest BCUT2D eigenvalue weighted by Crippen LogP contribution is -2.44. The van der Waals surface area contributed by atoms with Crippen LogP contribution in [0.25, 0.3) is 0 Å². The fourth-order valence-corrected chi connectivity index (χ4v) is 2.40. The van der Waals surface area contributed by atoms with Gasteiger partial charge in [0.2, 0.25) is 0 Å². The summed E-state index contributed by atoms with van der Waals surface area (Å²) in [6, 6.07) is 5.59. The molecule has 1 aliphatic heterocycles. The van der Waals surface area contributed by atoms with Crippen molar-refractivity contribution < 1.29 is 19.0 Å². The van der Waals surface area contributed by atoms with E-state index in [0.29, 0.717) is 25.5 Å². The van der Waals surface area contributed by atoms with Gasteiger partial charge < -0.3 is 19.1 Å². The summed E-state index contributed by atoms with van der Waals surface area (Å²) in [4.78, 5) is 13.7. The van der Waals surface area contributed by atoms with Crippen LogP contribution < -0.4 is 9.64 Å². The number of hydrogen-bond acceptors (Lipinski definition) is 4. The van der Waals surface area contributed by atoms with Crippen LogP contribution in [0.15, 0.2) is 22.7 Å². The highest BCUT2D eigenvalue weighted by Crippen LogP contribution is 2.34. The number of halogens is 1. The van der Waals surface area contributed by atoms with E-state index in [1.165, 1.54) is 0 Å². The number of hydrogen-bond donors (Lipinski definition) is 0. The Labute approximate surface area is 126 Å². The Bertz CT molecular complexity index is 474. The normalized spacial score (nSPS) is 14.4. The average Bonchev–Trinajstić information content (AvgIpc) is 2.42. The third-order valence-electron chi connectivity index (χ3n) is 2.90. The molecule has 20 heavy (non-hydrogen) atoms. The Morgan fingerprint density at radius 3 is 2.70 bits per heavy atom. The topological polar surface area (TPSA) is 48.0 Å². The monoisotopic (exact) mass is 343 g/mol. The van der Waals surface area contributed by atoms with Crippen LogP contribution in [0.1, 0.15) is 13.8 Å². The van der Waals surface area contributed by atoms with Gasteiger partial charge in [-0.15, -0.1) is 0 Å². The molecule has 5 nitrogen and oxygen atoms in total. The zero-order valence-electron chi connectivity index (χ0n) is 11.6. The molecule has 0 radical (unpaired) electrons. The van der Waals surface area contributed by atoms with Crippen LogP contribution in [0.2, 0.25) is 0 Å². The van der Waals surface area contributed by atoms with Crippen molar-refractivity contribution in [3.05, 3.63) is 22.7 Å². The molecule has 1 aromatic rings. The zero-order chi connectivity index (χ0) is 14.5. The summed E-state index contributed by atoms with van der Waals surface area (Å²) in [5, 5.41) is 0. The van der Waals surface area contributed by atoms with Crippen molar-refractivity contribution in [2.75, 3.05) is 31.3 Å². The summed E-state index contributed by atoms with van der Waals surface area (Å²) in [6.45, 7) is 5.27. The van der Waals surface area contributed by atoms with E-state index in [2.05, 4.69) is 15.9 Å². The molecule has 1 aliphatic rings. The largest absolute Gasteiger partial charge is 0.482 e. The number of benzene rings is 1. The number of rotatable bonds is 6. The van der Waals surface area contributed by atoms with E-state index in [1.54, 1.807) is 4.90 Å². The van der Waals surface area contributed by atoms with E-state index in [-0.39, 0.29) is 12.5 Å². The highest BCUT2D eigenvalue weighted by molar-refractivity contribution is 9.10. The lowest BCUT2D eigenvalue weighted by molar-refractivity contribution is -0.137. The van der Waals surface area contributed by atoms with Gasteiger partial charge in [0.25, 0.3) is 5.91 Å². The van der Waals surface area contributed by atoms with Crippen molar-refractivity contribution in [3.63, 3.8) is 0 Å². The maximum Gasteiger partial charge on any atom is 0.265 e. The second kappa shape index (κ2) is 7.06. The third-order valence-corrected chi connectivity index (χ3v) is 3.39. The van der Waals surface area contributed by atoms with Crippen LogP contribution >= 0.6 is 15.9 Å². The quantitative estimate of drug-likeness (QED) is 0.745. The molecular weight excluding hydrogens is 326 g/mol. The van der Waals surface area contributed by atoms with Crippen LogP contribution in [0.3, 0.4) is 0 Å². The van der Waals surface area contributed by atoms with E-state index < -0.39 is 6.29 Å². The lowest BCUT2D eigenvalue weighted by atomic mass is 10.2. The summed E-state index contributed by atoms with van der Waals surface area (Å²) in [5.41, 5.74) is 0.736. The predicted molar refractivity (Wildman–Crippen MR) is 79.0 cm³/mol. The fourth-order valence-electron chi connectivity index (χ4n) is 2.05. The summed E-state index contributed by atoms with van der Waals surface area (Å²) < 4.78 is 17.3. The maximum absolute atomic E-state index is 12.1. The van der Waals surface area contributed by atoms with Gasteiger partial charge in [-0.25, -0.2) is 0 Å². The van der Waals surface area contributed by atoms with Crippen molar-refractivity contribution in [2.45, 2.75) is 20.1 Å². The lowest BCUT2D eigenvalue weighted by Gasteiger charge is -2.32. The Kier molecular flexibility index (Phi) is 5.39. The molecule has 1 amide bonds. The van der Waals surface area contributed by atoms with E-state index in [1.807, 2.05) is 32.0 Å². The van der Waals surface area contributed by atoms with E-state index in [9.17, 15) is 4.79 Å². The third kappa shape index (κ3) is 3.50. The molecule has 0 spiro atoms. The number of amides is 1. The number of ether oxygens (including phenoxy) is 3. The van der Waals surface area contributed by atoms with Crippen LogP contribution in [-0.2, 0) is 14.3 Å². The SMILES string of the molecule is CCOC(CN1C(=O)COc2ccc(Br)cc21)OCC. The smallest absolute Gasteiger partial charge is 0.265 e. The molecule has 0 aliphatic carbocycles. The molecule has 2 rings (SSSR count). The summed E-state index contributed by atoms with van der Waals surface area (Å²) in [6.07, 6.45) is -0.432. The number of nitrogens with zero attached hydrogens (tertiary/aromatic N) is 1. The molecule has 0 fully saturated rings. The first-order valence-electron chi connectivity index (χ1n) is 6.61. The van der Waals surface area contributed by atoms with E-state index in [4.69, 9.17) is 14.2 Å². The highest BCUT2D eigenvalue weighted by Gasteiger charge is 2.28. The summed E-state index contributed by atoms with van der Waals surface area (Å²) >= 11 is 3.41. The van der Waals surface area contributed by atoms with Crippen molar-refractivity contribution in [1.29, 1.82) is 0 Å². The van der Waals surface area contributed by atoms with Crippen LogP contribution in [0.4, 0.5) is 5.69 Å². The maximum atomic E-state index is 12.1. The Morgan fingerprint density at radius 1 is 1.35 bits per heavy atom. The van der Waals surface area contributed by atoms with E-state index >= 15 is 0 Å². The van der Waals surface area contributed by atoms with Gasteiger partial charge >= 0.3 is 0 Å². The molecule has 0 bridgehead atoms. The number of carbonyl (C=O) groups excluding carboxylic acids is 1. The average molecular weight is 344 g/mol. The van der Waals surface area contributed by atoms with Crippen molar-refractivity contribution in [1.82, 2.24) is 0 Å². The van der Waals surface area contributed by atoms with Gasteiger partial charge in [0.1, 0.15) is 5.75 Å². The van der Waals surface area contributed by atoms with Crippen molar-refractivity contribution >= 4 is 27.5 Å². The molecule has 1 heterocycles. The van der Waals surface area contributed by atoms with Gasteiger partial charge in [-0.05, 0) is 32.0 Å². The molecule has 1 aromatic carbocycles. The Morgan fingerprint density at radius 2 is 2.05 bits per heavy atom. The molecule has 110 valence electrons. The minimum Gasteiger partial charge on any atom is -0.482 e. The molecule has 0 N–H and O–H groups in total. The molecular formula is C14H18BrNO4. The molecule has 0 saturated carbocycles. The molecule has 0 aromatic heterocycles. The number of anilines is 1. The summed E-state index contributed by atoms with van der Waals surface area (Å²) in [7, 11) is 0. The second-order valence-corrected chi connectivity index (χ2v) is 5.16. The van der Waals surface area contributed by atoms with Gasteiger partial charge in [-0.3, -0.25) is 4.79 Å². The minimum atomic E-state index is -0.432. The molecule has 6 heteroatoms. The first kappa shape index (κ1) is 15.3. The number of carbonyl (C=O) groups is 1. The van der Waals surface area contributed by atoms with Crippen LogP contribution in [0.5, 0.6) is 5.75 Å². The van der Waals surface area contributed by atoms with Gasteiger partial charge in [0, 0.05) is 17.7 Å². The van der Waals surface area contributed by atoms with E-state index in [0.717, 1.165) is 10.2 Å². The van der Waals surface area contributed by atoms with Gasteiger partial charge in [-0.2, -0.15) is 0 Å². The fraction of sp³-hybridized carbons (Fsp3) is 0.500. The first-order chi connectivity index (χ1) is 9.65. The molecule has 0 atom stereocenters.